The predicted molar refractivity (Wildman–Crippen MR) is 71.1 cm³/mol. The molecule has 0 bridgehead atoms. The van der Waals surface area contributed by atoms with Gasteiger partial charge >= 0.3 is 0 Å². The highest BCUT2D eigenvalue weighted by Crippen LogP contribution is 2.15. The van der Waals surface area contributed by atoms with Crippen molar-refractivity contribution in [3.05, 3.63) is 0 Å². The SMILES string of the molecule is CC(C)OP([O-])[O-].C[N+](C)(C)C.C[N+](C)(C)C. The van der Waals surface area contributed by atoms with E-state index < -0.39 is 8.60 Å². The minimum atomic E-state index is -2.64. The van der Waals surface area contributed by atoms with Crippen molar-refractivity contribution in [1.29, 1.82) is 0 Å². The van der Waals surface area contributed by atoms with Gasteiger partial charge in [-0.05, 0) is 13.8 Å². The second-order valence-corrected chi connectivity index (χ2v) is 7.40. The molecule has 108 valence electrons. The Labute approximate surface area is 109 Å². The van der Waals surface area contributed by atoms with E-state index in [0.717, 1.165) is 8.97 Å². The molecule has 0 aromatic carbocycles. The fraction of sp³-hybridized carbons (Fsp3) is 1.00. The lowest BCUT2D eigenvalue weighted by Gasteiger charge is -2.31. The van der Waals surface area contributed by atoms with Crippen LogP contribution in [0.3, 0.4) is 0 Å². The quantitative estimate of drug-likeness (QED) is 0.524. The smallest absolute Gasteiger partial charge is 0.0675 e. The molecular weight excluding hydrogens is 239 g/mol. The van der Waals surface area contributed by atoms with Crippen molar-refractivity contribution in [2.45, 2.75) is 20.0 Å². The first kappa shape index (κ1) is 22.4. The summed E-state index contributed by atoms with van der Waals surface area (Å²) in [5.74, 6) is 0. The molecule has 0 aliphatic heterocycles. The number of quaternary nitrogens is 2. The van der Waals surface area contributed by atoms with E-state index in [-0.39, 0.29) is 6.10 Å². The fourth-order valence-electron chi connectivity index (χ4n) is 0.172. The second kappa shape index (κ2) is 10.2. The van der Waals surface area contributed by atoms with Crippen LogP contribution in [-0.2, 0) is 4.52 Å². The van der Waals surface area contributed by atoms with Crippen LogP contribution in [0.4, 0.5) is 0 Å². The average molecular weight is 270 g/mol. The van der Waals surface area contributed by atoms with E-state index in [0.29, 0.717) is 0 Å². The molecule has 0 rings (SSSR count). The Bertz CT molecular complexity index is 133. The zero-order valence-corrected chi connectivity index (χ0v) is 14.0. The van der Waals surface area contributed by atoms with Gasteiger partial charge in [0.1, 0.15) is 0 Å². The molecule has 0 radical (unpaired) electrons. The minimum absolute atomic E-state index is 0.221. The average Bonchev–Trinajstić information content (AvgIpc) is 1.71. The van der Waals surface area contributed by atoms with E-state index in [9.17, 15) is 9.79 Å². The monoisotopic (exact) mass is 270 g/mol. The van der Waals surface area contributed by atoms with Gasteiger partial charge in [-0.2, -0.15) is 8.60 Å². The van der Waals surface area contributed by atoms with E-state index in [4.69, 9.17) is 0 Å². The Morgan fingerprint density at radius 3 is 0.941 bits per heavy atom. The van der Waals surface area contributed by atoms with Gasteiger partial charge in [0, 0.05) is 0 Å². The van der Waals surface area contributed by atoms with Crippen LogP contribution < -0.4 is 9.79 Å². The van der Waals surface area contributed by atoms with Crippen LogP contribution in [0.15, 0.2) is 0 Å². The molecule has 0 N–H and O–H groups in total. The molecular formula is C11H31N2O3P. The van der Waals surface area contributed by atoms with E-state index in [1.54, 1.807) is 13.8 Å². The predicted octanol–water partition coefficient (Wildman–Crippen LogP) is 0.00370. The minimum Gasteiger partial charge on any atom is -0.820 e. The van der Waals surface area contributed by atoms with Crippen LogP contribution in [0.2, 0.25) is 0 Å². The summed E-state index contributed by atoms with van der Waals surface area (Å²) in [6.07, 6.45) is -0.221. The maximum Gasteiger partial charge on any atom is 0.0675 e. The first-order valence-electron chi connectivity index (χ1n) is 5.52. The molecule has 17 heavy (non-hydrogen) atoms. The fourth-order valence-corrected chi connectivity index (χ4v) is 0.516. The molecule has 0 unspecified atom stereocenters. The Morgan fingerprint density at radius 1 is 0.765 bits per heavy atom. The van der Waals surface area contributed by atoms with Crippen molar-refractivity contribution in [2.24, 2.45) is 0 Å². The van der Waals surface area contributed by atoms with Gasteiger partial charge in [-0.3, -0.25) is 0 Å². The van der Waals surface area contributed by atoms with Crippen LogP contribution in [-0.4, -0.2) is 71.5 Å². The van der Waals surface area contributed by atoms with Crippen molar-refractivity contribution < 1.29 is 23.3 Å². The van der Waals surface area contributed by atoms with Gasteiger partial charge in [0.05, 0.1) is 62.5 Å². The Hall–Kier alpha value is 0.230. The molecule has 0 saturated heterocycles. The van der Waals surface area contributed by atoms with E-state index in [2.05, 4.69) is 60.9 Å². The molecule has 0 fully saturated rings. The van der Waals surface area contributed by atoms with Crippen LogP contribution in [0, 0.1) is 0 Å². The van der Waals surface area contributed by atoms with Crippen LogP contribution in [0.1, 0.15) is 13.8 Å². The summed E-state index contributed by atoms with van der Waals surface area (Å²) >= 11 is 0. The lowest BCUT2D eigenvalue weighted by atomic mass is 10.5. The lowest BCUT2D eigenvalue weighted by molar-refractivity contribution is -0.849. The first-order chi connectivity index (χ1) is 7.13. The number of nitrogens with zero attached hydrogens (tertiary/aromatic N) is 2. The van der Waals surface area contributed by atoms with Crippen molar-refractivity contribution in [1.82, 2.24) is 0 Å². The molecule has 0 aliphatic carbocycles. The van der Waals surface area contributed by atoms with E-state index in [1.807, 2.05) is 0 Å². The molecule has 6 heteroatoms. The highest BCUT2D eigenvalue weighted by molar-refractivity contribution is 7.36. The molecule has 0 amide bonds. The molecule has 0 atom stereocenters. The topological polar surface area (TPSA) is 55.3 Å². The van der Waals surface area contributed by atoms with E-state index >= 15 is 0 Å². The van der Waals surface area contributed by atoms with Crippen LogP contribution in [0.5, 0.6) is 0 Å². The summed E-state index contributed by atoms with van der Waals surface area (Å²) < 4.78 is 6.20. The number of rotatable bonds is 2. The molecule has 0 saturated carbocycles. The zero-order chi connectivity index (χ0) is 14.9. The van der Waals surface area contributed by atoms with Crippen molar-refractivity contribution in [2.75, 3.05) is 56.4 Å². The third-order valence-electron chi connectivity index (χ3n) is 0.297. The van der Waals surface area contributed by atoms with Gasteiger partial charge in [-0.15, -0.1) is 0 Å². The molecule has 0 heterocycles. The Balaban J connectivity index is -0.000000177. The van der Waals surface area contributed by atoms with Crippen LogP contribution >= 0.6 is 8.60 Å². The van der Waals surface area contributed by atoms with Crippen molar-refractivity contribution in [3.8, 4) is 0 Å². The third-order valence-corrected chi connectivity index (χ3v) is 0.891. The molecule has 0 spiro atoms. The summed E-state index contributed by atoms with van der Waals surface area (Å²) in [4.78, 5) is 19.2. The second-order valence-electron chi connectivity index (χ2n) is 6.74. The molecule has 0 aromatic rings. The highest BCUT2D eigenvalue weighted by Gasteiger charge is 1.88. The Kier molecular flexibility index (Phi) is 13.4. The third kappa shape index (κ3) is 184. The number of hydrogen-bond acceptors (Lipinski definition) is 3. The number of hydrogen-bond donors (Lipinski definition) is 0. The van der Waals surface area contributed by atoms with E-state index in [1.165, 1.54) is 0 Å². The summed E-state index contributed by atoms with van der Waals surface area (Å²) in [7, 11) is 14.4. The Morgan fingerprint density at radius 2 is 0.941 bits per heavy atom. The largest absolute Gasteiger partial charge is 0.820 e. The summed E-state index contributed by atoms with van der Waals surface area (Å²) in [5.41, 5.74) is 0. The van der Waals surface area contributed by atoms with Gasteiger partial charge in [-0.25, -0.2) is 0 Å². The van der Waals surface area contributed by atoms with Crippen molar-refractivity contribution >= 4 is 8.60 Å². The molecule has 5 nitrogen and oxygen atoms in total. The summed E-state index contributed by atoms with van der Waals surface area (Å²) in [6.45, 7) is 3.32. The highest BCUT2D eigenvalue weighted by atomic mass is 31.2. The van der Waals surface area contributed by atoms with Crippen LogP contribution in [0.25, 0.3) is 0 Å². The normalized spacial score (nSPS) is 11.6. The van der Waals surface area contributed by atoms with Gasteiger partial charge in [0.2, 0.25) is 0 Å². The summed E-state index contributed by atoms with van der Waals surface area (Å²) in [5, 5.41) is 0. The maximum absolute atomic E-state index is 9.62. The lowest BCUT2D eigenvalue weighted by Crippen LogP contribution is -2.27. The van der Waals surface area contributed by atoms with Gasteiger partial charge in [-0.1, -0.05) is 0 Å². The first-order valence-corrected chi connectivity index (χ1v) is 6.61. The van der Waals surface area contributed by atoms with Crippen molar-refractivity contribution in [3.63, 3.8) is 0 Å². The van der Waals surface area contributed by atoms with Gasteiger partial charge < -0.3 is 23.3 Å². The van der Waals surface area contributed by atoms with Gasteiger partial charge in [0.15, 0.2) is 0 Å². The standard InChI is InChI=1S/2C4H12N.C3H7O3P/c2*1-5(2,3)4;1-3(2)6-7(4)5/h2*1-4H3;3H,1-2H3/q2*+1;-2. The molecule has 0 aromatic heterocycles. The molecule has 0 aliphatic rings. The van der Waals surface area contributed by atoms with Gasteiger partial charge in [0.25, 0.3) is 0 Å². The summed E-state index contributed by atoms with van der Waals surface area (Å²) in [6, 6.07) is 0. The maximum atomic E-state index is 9.62. The zero-order valence-electron chi connectivity index (χ0n) is 13.1.